The summed E-state index contributed by atoms with van der Waals surface area (Å²) < 4.78 is 6.64. The largest absolute Gasteiger partial charge is 0.378 e. The molecule has 1 N–H and O–H groups in total. The number of ether oxygens (including phenoxy) is 1. The van der Waals surface area contributed by atoms with E-state index in [9.17, 15) is 0 Å². The number of morpholine rings is 1. The van der Waals surface area contributed by atoms with Crippen LogP contribution in [0.15, 0.2) is 9.85 Å². The second kappa shape index (κ2) is 4.09. The fraction of sp³-hybridized carbons (Fsp3) is 0.556. The van der Waals surface area contributed by atoms with Gasteiger partial charge in [0.05, 0.1) is 19.3 Å². The predicted octanol–water partition coefficient (Wildman–Crippen LogP) is 2.48. The van der Waals surface area contributed by atoms with Gasteiger partial charge >= 0.3 is 0 Å². The molecule has 0 radical (unpaired) electrons. The van der Waals surface area contributed by atoms with E-state index < -0.39 is 0 Å². The van der Waals surface area contributed by atoms with Gasteiger partial charge in [-0.05, 0) is 28.4 Å². The van der Waals surface area contributed by atoms with E-state index >= 15 is 0 Å². The van der Waals surface area contributed by atoms with Crippen LogP contribution in [0.4, 0.5) is 0 Å². The van der Waals surface area contributed by atoms with Crippen LogP contribution in [-0.4, -0.2) is 19.8 Å². The highest BCUT2D eigenvalue weighted by Gasteiger charge is 2.19. The van der Waals surface area contributed by atoms with Crippen molar-refractivity contribution in [2.75, 3.05) is 19.8 Å². The molecule has 4 heteroatoms. The van der Waals surface area contributed by atoms with Crippen molar-refractivity contribution in [3.63, 3.8) is 0 Å². The molecule has 0 unspecified atom stereocenters. The SMILES string of the molecule is Cc1c(Br)csc1[C@@H]1COCCN1. The van der Waals surface area contributed by atoms with Gasteiger partial charge in [-0.3, -0.25) is 0 Å². The van der Waals surface area contributed by atoms with E-state index in [4.69, 9.17) is 4.74 Å². The molecule has 0 spiro atoms. The second-order valence-corrected chi connectivity index (χ2v) is 4.92. The van der Waals surface area contributed by atoms with Gasteiger partial charge in [-0.25, -0.2) is 0 Å². The van der Waals surface area contributed by atoms with Crippen molar-refractivity contribution in [2.45, 2.75) is 13.0 Å². The third-order valence-corrected chi connectivity index (χ3v) is 4.58. The number of halogens is 1. The van der Waals surface area contributed by atoms with Crippen LogP contribution < -0.4 is 5.32 Å². The maximum atomic E-state index is 5.43. The van der Waals surface area contributed by atoms with E-state index in [-0.39, 0.29) is 0 Å². The second-order valence-electron chi connectivity index (χ2n) is 3.15. The van der Waals surface area contributed by atoms with Crippen molar-refractivity contribution in [1.29, 1.82) is 0 Å². The maximum Gasteiger partial charge on any atom is 0.0670 e. The average Bonchev–Trinajstić information content (AvgIpc) is 2.49. The van der Waals surface area contributed by atoms with Crippen LogP contribution in [0, 0.1) is 6.92 Å². The first-order chi connectivity index (χ1) is 6.29. The van der Waals surface area contributed by atoms with Gasteiger partial charge in [0.1, 0.15) is 0 Å². The number of nitrogens with one attached hydrogen (secondary N) is 1. The highest BCUT2D eigenvalue weighted by atomic mass is 79.9. The summed E-state index contributed by atoms with van der Waals surface area (Å²) in [7, 11) is 0. The Morgan fingerprint density at radius 2 is 2.54 bits per heavy atom. The highest BCUT2D eigenvalue weighted by molar-refractivity contribution is 9.10. The van der Waals surface area contributed by atoms with Crippen molar-refractivity contribution in [3.8, 4) is 0 Å². The number of hydrogen-bond acceptors (Lipinski definition) is 3. The van der Waals surface area contributed by atoms with Crippen molar-refractivity contribution in [3.05, 3.63) is 20.3 Å². The molecule has 0 aromatic carbocycles. The van der Waals surface area contributed by atoms with E-state index in [0.717, 1.165) is 19.8 Å². The minimum atomic E-state index is 0.394. The van der Waals surface area contributed by atoms with Crippen molar-refractivity contribution < 1.29 is 4.74 Å². The van der Waals surface area contributed by atoms with Crippen LogP contribution in [0.3, 0.4) is 0 Å². The van der Waals surface area contributed by atoms with Crippen LogP contribution in [0.5, 0.6) is 0 Å². The Hall–Kier alpha value is 0.1000. The summed E-state index contributed by atoms with van der Waals surface area (Å²) in [5.41, 5.74) is 1.34. The lowest BCUT2D eigenvalue weighted by Crippen LogP contribution is -2.34. The third-order valence-electron chi connectivity index (χ3n) is 2.26. The van der Waals surface area contributed by atoms with Crippen LogP contribution in [-0.2, 0) is 4.74 Å². The van der Waals surface area contributed by atoms with E-state index in [1.807, 2.05) is 0 Å². The lowest BCUT2D eigenvalue weighted by Gasteiger charge is -2.23. The fourth-order valence-corrected chi connectivity index (χ4v) is 3.12. The van der Waals surface area contributed by atoms with Crippen molar-refractivity contribution in [2.24, 2.45) is 0 Å². The molecule has 0 amide bonds. The molecule has 1 aliphatic rings. The Labute approximate surface area is 90.4 Å². The molecule has 0 saturated carbocycles. The molecule has 1 fully saturated rings. The summed E-state index contributed by atoms with van der Waals surface area (Å²) in [4.78, 5) is 1.39. The van der Waals surface area contributed by atoms with Gasteiger partial charge in [-0.1, -0.05) is 0 Å². The molecule has 1 aliphatic heterocycles. The van der Waals surface area contributed by atoms with Gasteiger partial charge in [0.2, 0.25) is 0 Å². The Bertz CT molecular complexity index is 294. The van der Waals surface area contributed by atoms with E-state index in [2.05, 4.69) is 33.6 Å². The summed E-state index contributed by atoms with van der Waals surface area (Å²) in [6, 6.07) is 0.394. The van der Waals surface area contributed by atoms with E-state index in [1.165, 1.54) is 14.9 Å². The smallest absolute Gasteiger partial charge is 0.0670 e. The maximum absolute atomic E-state index is 5.43. The molecule has 1 atom stereocenters. The molecule has 1 saturated heterocycles. The Morgan fingerprint density at radius 3 is 3.08 bits per heavy atom. The van der Waals surface area contributed by atoms with Gasteiger partial charge in [-0.15, -0.1) is 11.3 Å². The molecule has 1 aromatic rings. The molecule has 0 aliphatic carbocycles. The normalized spacial score (nSPS) is 23.4. The van der Waals surface area contributed by atoms with Gasteiger partial charge in [0.25, 0.3) is 0 Å². The molecule has 13 heavy (non-hydrogen) atoms. The molecule has 0 bridgehead atoms. The van der Waals surface area contributed by atoms with Gasteiger partial charge < -0.3 is 10.1 Å². The molecule has 2 nitrogen and oxygen atoms in total. The zero-order valence-corrected chi connectivity index (χ0v) is 9.87. The first-order valence-corrected chi connectivity index (χ1v) is 6.01. The van der Waals surface area contributed by atoms with E-state index in [0.29, 0.717) is 6.04 Å². The van der Waals surface area contributed by atoms with Crippen LogP contribution in [0.1, 0.15) is 16.5 Å². The minimum Gasteiger partial charge on any atom is -0.378 e. The lowest BCUT2D eigenvalue weighted by molar-refractivity contribution is 0.0777. The van der Waals surface area contributed by atoms with Crippen molar-refractivity contribution in [1.82, 2.24) is 5.32 Å². The fourth-order valence-electron chi connectivity index (χ4n) is 1.49. The van der Waals surface area contributed by atoms with Crippen LogP contribution in [0.2, 0.25) is 0 Å². The molecule has 2 rings (SSSR count). The molecule has 72 valence electrons. The third kappa shape index (κ3) is 1.96. The number of rotatable bonds is 1. The zero-order valence-electron chi connectivity index (χ0n) is 7.47. The zero-order chi connectivity index (χ0) is 9.26. The van der Waals surface area contributed by atoms with Crippen molar-refractivity contribution >= 4 is 27.3 Å². The van der Waals surface area contributed by atoms with Gasteiger partial charge in [0, 0.05) is 21.3 Å². The quantitative estimate of drug-likeness (QED) is 0.839. The number of thiophene rings is 1. The lowest BCUT2D eigenvalue weighted by atomic mass is 10.1. The molecule has 1 aromatic heterocycles. The van der Waals surface area contributed by atoms with E-state index in [1.54, 1.807) is 11.3 Å². The highest BCUT2D eigenvalue weighted by Crippen LogP contribution is 2.31. The number of hydrogen-bond donors (Lipinski definition) is 1. The predicted molar refractivity (Wildman–Crippen MR) is 58.3 cm³/mol. The topological polar surface area (TPSA) is 21.3 Å². The van der Waals surface area contributed by atoms with Gasteiger partial charge in [0.15, 0.2) is 0 Å². The molecule has 2 heterocycles. The summed E-state index contributed by atoms with van der Waals surface area (Å²) >= 11 is 5.32. The summed E-state index contributed by atoms with van der Waals surface area (Å²) in [6.45, 7) is 4.74. The Morgan fingerprint density at radius 1 is 1.69 bits per heavy atom. The first kappa shape index (κ1) is 9.65. The van der Waals surface area contributed by atoms with Gasteiger partial charge in [-0.2, -0.15) is 0 Å². The average molecular weight is 262 g/mol. The minimum absolute atomic E-state index is 0.394. The summed E-state index contributed by atoms with van der Waals surface area (Å²) in [6.07, 6.45) is 0. The molecular formula is C9H12BrNOS. The standard InChI is InChI=1S/C9H12BrNOS/c1-6-7(10)5-13-9(6)8-4-12-3-2-11-8/h5,8,11H,2-4H2,1H3/t8-/m0/s1. The summed E-state index contributed by atoms with van der Waals surface area (Å²) in [5.74, 6) is 0. The Kier molecular flexibility index (Phi) is 3.03. The molecular weight excluding hydrogens is 250 g/mol. The first-order valence-electron chi connectivity index (χ1n) is 4.33. The Balaban J connectivity index is 2.18. The summed E-state index contributed by atoms with van der Waals surface area (Å²) in [5, 5.41) is 5.59. The van der Waals surface area contributed by atoms with Crippen LogP contribution >= 0.6 is 27.3 Å². The monoisotopic (exact) mass is 261 g/mol. The van der Waals surface area contributed by atoms with Crippen LogP contribution in [0.25, 0.3) is 0 Å².